The van der Waals surface area contributed by atoms with Crippen molar-refractivity contribution in [3.8, 4) is 0 Å². The van der Waals surface area contributed by atoms with Crippen LogP contribution in [0.3, 0.4) is 0 Å². The van der Waals surface area contributed by atoms with Gasteiger partial charge in [0.15, 0.2) is 0 Å². The van der Waals surface area contributed by atoms with Gasteiger partial charge in [0.25, 0.3) is 0 Å². The van der Waals surface area contributed by atoms with Gasteiger partial charge in [0.1, 0.15) is 0 Å². The molecule has 0 aliphatic heterocycles. The third-order valence-corrected chi connectivity index (χ3v) is 3.92. The minimum absolute atomic E-state index is 0.0588. The molecular formula is C17H25N3O2. The summed E-state index contributed by atoms with van der Waals surface area (Å²) in [6.45, 7) is 4.39. The van der Waals surface area contributed by atoms with Crippen molar-refractivity contribution in [2.24, 2.45) is 0 Å². The number of carbonyl (C=O) groups is 1. The van der Waals surface area contributed by atoms with Crippen LogP contribution in [0.1, 0.15) is 32.3 Å². The molecule has 2 amide bonds. The normalized spacial score (nSPS) is 13.8. The molecule has 0 spiro atoms. The van der Waals surface area contributed by atoms with E-state index >= 15 is 0 Å². The van der Waals surface area contributed by atoms with E-state index < -0.39 is 5.54 Å². The number of hydrogen-bond acceptors (Lipinski definition) is 2. The summed E-state index contributed by atoms with van der Waals surface area (Å²) < 4.78 is 0. The first-order valence-corrected chi connectivity index (χ1v) is 7.80. The highest BCUT2D eigenvalue weighted by atomic mass is 16.3. The predicted octanol–water partition coefficient (Wildman–Crippen LogP) is 2.56. The second-order valence-corrected chi connectivity index (χ2v) is 5.96. The molecule has 5 nitrogen and oxygen atoms in total. The molecule has 22 heavy (non-hydrogen) atoms. The number of carbonyl (C=O) groups excluding carboxylic acids is 1. The van der Waals surface area contributed by atoms with Gasteiger partial charge in [-0.05, 0) is 31.4 Å². The average Bonchev–Trinajstić information content (AvgIpc) is 2.91. The second-order valence-electron chi connectivity index (χ2n) is 5.96. The van der Waals surface area contributed by atoms with Gasteiger partial charge >= 0.3 is 6.03 Å². The summed E-state index contributed by atoms with van der Waals surface area (Å²) in [5.41, 5.74) is 1.74. The van der Waals surface area contributed by atoms with E-state index in [1.54, 1.807) is 0 Å². The van der Waals surface area contributed by atoms with Crippen LogP contribution in [-0.4, -0.2) is 34.8 Å². The van der Waals surface area contributed by atoms with Gasteiger partial charge in [-0.2, -0.15) is 0 Å². The van der Waals surface area contributed by atoms with E-state index in [1.165, 1.54) is 10.9 Å². The monoisotopic (exact) mass is 303 g/mol. The van der Waals surface area contributed by atoms with Crippen LogP contribution in [-0.2, 0) is 6.42 Å². The molecule has 0 saturated heterocycles. The third kappa shape index (κ3) is 4.01. The quantitative estimate of drug-likeness (QED) is 0.634. The maximum Gasteiger partial charge on any atom is 0.315 e. The Morgan fingerprint density at radius 3 is 2.86 bits per heavy atom. The largest absolute Gasteiger partial charge is 0.394 e. The van der Waals surface area contributed by atoms with Crippen molar-refractivity contribution >= 4 is 16.9 Å². The van der Waals surface area contributed by atoms with Crippen molar-refractivity contribution in [2.45, 2.75) is 38.6 Å². The van der Waals surface area contributed by atoms with Crippen molar-refractivity contribution in [3.05, 3.63) is 36.0 Å². The molecule has 0 bridgehead atoms. The van der Waals surface area contributed by atoms with Gasteiger partial charge in [0, 0.05) is 23.6 Å². The highest BCUT2D eigenvalue weighted by Crippen LogP contribution is 2.17. The van der Waals surface area contributed by atoms with E-state index in [2.05, 4.69) is 21.7 Å². The van der Waals surface area contributed by atoms with Crippen LogP contribution in [0.5, 0.6) is 0 Å². The van der Waals surface area contributed by atoms with Gasteiger partial charge < -0.3 is 20.7 Å². The number of benzene rings is 1. The summed E-state index contributed by atoms with van der Waals surface area (Å²) in [6, 6.07) is 7.89. The Morgan fingerprint density at radius 2 is 2.14 bits per heavy atom. The van der Waals surface area contributed by atoms with Crippen molar-refractivity contribution in [1.82, 2.24) is 15.6 Å². The second kappa shape index (κ2) is 7.31. The fourth-order valence-corrected chi connectivity index (χ4v) is 2.70. The Labute approximate surface area is 131 Å². The molecule has 0 aliphatic rings. The molecule has 1 heterocycles. The zero-order chi connectivity index (χ0) is 16.0. The van der Waals surface area contributed by atoms with Gasteiger partial charge in [-0.25, -0.2) is 4.79 Å². The van der Waals surface area contributed by atoms with Crippen LogP contribution in [0, 0.1) is 0 Å². The summed E-state index contributed by atoms with van der Waals surface area (Å²) in [6.07, 6.45) is 4.41. The molecule has 1 aromatic heterocycles. The lowest BCUT2D eigenvalue weighted by Gasteiger charge is -2.28. The van der Waals surface area contributed by atoms with Crippen LogP contribution in [0.25, 0.3) is 10.9 Å². The molecule has 0 saturated carbocycles. The highest BCUT2D eigenvalue weighted by molar-refractivity contribution is 5.83. The van der Waals surface area contributed by atoms with E-state index in [4.69, 9.17) is 0 Å². The number of aromatic amines is 1. The van der Waals surface area contributed by atoms with Crippen LogP contribution >= 0.6 is 0 Å². The molecule has 0 aliphatic carbocycles. The standard InChI is InChI=1S/C17H25N3O2/c1-3-9-17(2,12-21)20-16(22)18-10-8-13-11-19-15-7-5-4-6-14(13)15/h4-7,11,19,21H,3,8-10,12H2,1-2H3,(H2,18,20,22). The molecule has 0 fully saturated rings. The van der Waals surface area contributed by atoms with Crippen LogP contribution in [0.4, 0.5) is 4.79 Å². The van der Waals surface area contributed by atoms with Crippen molar-refractivity contribution in [1.29, 1.82) is 0 Å². The number of amides is 2. The van der Waals surface area contributed by atoms with Crippen molar-refractivity contribution in [2.75, 3.05) is 13.2 Å². The van der Waals surface area contributed by atoms with Gasteiger partial charge in [-0.1, -0.05) is 31.5 Å². The third-order valence-electron chi connectivity index (χ3n) is 3.92. The lowest BCUT2D eigenvalue weighted by molar-refractivity contribution is 0.163. The number of fused-ring (bicyclic) bond motifs is 1. The Kier molecular flexibility index (Phi) is 5.44. The first-order valence-electron chi connectivity index (χ1n) is 7.80. The summed E-state index contributed by atoms with van der Waals surface area (Å²) in [5.74, 6) is 0. The van der Waals surface area contributed by atoms with E-state index in [0.717, 1.165) is 24.8 Å². The maximum absolute atomic E-state index is 11.9. The van der Waals surface area contributed by atoms with Gasteiger partial charge in [-0.3, -0.25) is 0 Å². The summed E-state index contributed by atoms with van der Waals surface area (Å²) in [5, 5.41) is 16.3. The molecule has 120 valence electrons. The number of urea groups is 1. The number of rotatable bonds is 7. The van der Waals surface area contributed by atoms with Gasteiger partial charge in [-0.15, -0.1) is 0 Å². The number of para-hydroxylation sites is 1. The number of aliphatic hydroxyl groups is 1. The molecule has 1 aromatic carbocycles. The summed E-state index contributed by atoms with van der Waals surface area (Å²) in [4.78, 5) is 15.2. The van der Waals surface area contributed by atoms with E-state index in [1.807, 2.05) is 38.2 Å². The highest BCUT2D eigenvalue weighted by Gasteiger charge is 2.24. The van der Waals surface area contributed by atoms with Crippen LogP contribution in [0.2, 0.25) is 0 Å². The van der Waals surface area contributed by atoms with Crippen molar-refractivity contribution < 1.29 is 9.90 Å². The Balaban J connectivity index is 1.84. The fourth-order valence-electron chi connectivity index (χ4n) is 2.70. The number of hydrogen-bond donors (Lipinski definition) is 4. The molecule has 2 rings (SSSR count). The van der Waals surface area contributed by atoms with Crippen LogP contribution in [0.15, 0.2) is 30.5 Å². The molecule has 2 aromatic rings. The molecule has 4 N–H and O–H groups in total. The Bertz CT molecular complexity index is 623. The molecule has 1 unspecified atom stereocenters. The van der Waals surface area contributed by atoms with Crippen LogP contribution < -0.4 is 10.6 Å². The first-order chi connectivity index (χ1) is 10.6. The Hall–Kier alpha value is -2.01. The van der Waals surface area contributed by atoms with E-state index in [-0.39, 0.29) is 12.6 Å². The van der Waals surface area contributed by atoms with Crippen molar-refractivity contribution in [3.63, 3.8) is 0 Å². The minimum Gasteiger partial charge on any atom is -0.394 e. The van der Waals surface area contributed by atoms with Gasteiger partial charge in [0.05, 0.1) is 12.1 Å². The SMILES string of the molecule is CCCC(C)(CO)NC(=O)NCCc1c[nH]c2ccccc12. The zero-order valence-corrected chi connectivity index (χ0v) is 13.3. The number of H-pyrrole nitrogens is 1. The molecule has 0 radical (unpaired) electrons. The molecule has 1 atom stereocenters. The van der Waals surface area contributed by atoms with E-state index in [9.17, 15) is 9.90 Å². The topological polar surface area (TPSA) is 77.2 Å². The smallest absolute Gasteiger partial charge is 0.315 e. The minimum atomic E-state index is -0.556. The summed E-state index contributed by atoms with van der Waals surface area (Å²) in [7, 11) is 0. The fraction of sp³-hybridized carbons (Fsp3) is 0.471. The molecular weight excluding hydrogens is 278 g/mol. The van der Waals surface area contributed by atoms with Gasteiger partial charge in [0.2, 0.25) is 0 Å². The number of aliphatic hydroxyl groups excluding tert-OH is 1. The average molecular weight is 303 g/mol. The maximum atomic E-state index is 11.9. The molecule has 5 heteroatoms. The lowest BCUT2D eigenvalue weighted by atomic mass is 9.98. The van der Waals surface area contributed by atoms with E-state index in [0.29, 0.717) is 6.54 Å². The summed E-state index contributed by atoms with van der Waals surface area (Å²) >= 11 is 0. The first kappa shape index (κ1) is 16.4. The number of nitrogens with one attached hydrogen (secondary N) is 3. The number of aromatic nitrogens is 1. The zero-order valence-electron chi connectivity index (χ0n) is 13.3. The Morgan fingerprint density at radius 1 is 1.36 bits per heavy atom. The predicted molar refractivity (Wildman–Crippen MR) is 88.9 cm³/mol. The lowest BCUT2D eigenvalue weighted by Crippen LogP contribution is -2.52.